The molecule has 1 fully saturated rings. The SMILES string of the molecule is COC(=O)[C@@]1(C#N)[C@H](c2ccsc2)[C@@H](C(N)=O)N2C=C(C(C)=O)C=C[C@@H]21. The number of allylic oxidation sites excluding steroid dienone is 2. The van der Waals surface area contributed by atoms with E-state index < -0.39 is 35.3 Å². The number of primary amides is 1. The highest BCUT2D eigenvalue weighted by Gasteiger charge is 2.66. The van der Waals surface area contributed by atoms with Crippen molar-refractivity contribution in [2.45, 2.75) is 24.9 Å². The van der Waals surface area contributed by atoms with E-state index in [0.29, 0.717) is 11.1 Å². The zero-order valence-electron chi connectivity index (χ0n) is 14.2. The Labute approximate surface area is 154 Å². The van der Waals surface area contributed by atoms with E-state index in [4.69, 9.17) is 10.5 Å². The van der Waals surface area contributed by atoms with E-state index in [-0.39, 0.29) is 5.78 Å². The summed E-state index contributed by atoms with van der Waals surface area (Å²) in [5, 5.41) is 13.6. The summed E-state index contributed by atoms with van der Waals surface area (Å²) in [6, 6.07) is 2.13. The number of ketones is 1. The number of methoxy groups -OCH3 is 1. The van der Waals surface area contributed by atoms with Crippen molar-refractivity contribution in [3.05, 3.63) is 46.3 Å². The first-order chi connectivity index (χ1) is 12.4. The quantitative estimate of drug-likeness (QED) is 0.793. The molecular weight excluding hydrogens is 354 g/mol. The molecule has 0 radical (unpaired) electrons. The predicted octanol–water partition coefficient (Wildman–Crippen LogP) is 1.10. The molecule has 0 saturated carbocycles. The lowest BCUT2D eigenvalue weighted by molar-refractivity contribution is -0.150. The first-order valence-corrected chi connectivity index (χ1v) is 8.82. The highest BCUT2D eigenvalue weighted by atomic mass is 32.1. The summed E-state index contributed by atoms with van der Waals surface area (Å²) in [7, 11) is 1.21. The number of amides is 1. The topological polar surface area (TPSA) is 113 Å². The number of ether oxygens (including phenoxy) is 1. The molecule has 0 unspecified atom stereocenters. The average molecular weight is 371 g/mol. The molecule has 3 rings (SSSR count). The van der Waals surface area contributed by atoms with E-state index in [0.717, 1.165) is 0 Å². The van der Waals surface area contributed by atoms with Crippen LogP contribution in [-0.2, 0) is 19.1 Å². The number of nitrogens with zero attached hydrogens (tertiary/aromatic N) is 2. The van der Waals surface area contributed by atoms with E-state index in [1.165, 1.54) is 31.6 Å². The molecule has 7 nitrogen and oxygen atoms in total. The van der Waals surface area contributed by atoms with Crippen LogP contribution < -0.4 is 5.73 Å². The van der Waals surface area contributed by atoms with Crippen LogP contribution in [0.2, 0.25) is 0 Å². The Morgan fingerprint density at radius 2 is 2.15 bits per heavy atom. The lowest BCUT2D eigenvalue weighted by Gasteiger charge is -2.32. The van der Waals surface area contributed by atoms with E-state index in [2.05, 4.69) is 6.07 Å². The fourth-order valence-corrected chi connectivity index (χ4v) is 4.53. The Morgan fingerprint density at radius 3 is 2.65 bits per heavy atom. The van der Waals surface area contributed by atoms with Gasteiger partial charge in [-0.1, -0.05) is 12.2 Å². The molecule has 0 aromatic carbocycles. The van der Waals surface area contributed by atoms with Gasteiger partial charge in [-0.2, -0.15) is 16.6 Å². The maximum atomic E-state index is 12.8. The molecule has 1 aromatic rings. The first kappa shape index (κ1) is 17.9. The molecular formula is C18H17N3O4S. The van der Waals surface area contributed by atoms with Crippen LogP contribution in [0.3, 0.4) is 0 Å². The van der Waals surface area contributed by atoms with E-state index in [1.54, 1.807) is 33.9 Å². The van der Waals surface area contributed by atoms with Crippen LogP contribution in [0.1, 0.15) is 18.4 Å². The molecule has 1 amide bonds. The Hall–Kier alpha value is -2.92. The molecule has 3 heterocycles. The standard InChI is InChI=1S/C18H17N3O4S/c1-10(22)11-3-4-13-18(9-19,17(24)25-2)14(12-5-6-26-8-12)15(16(20)23)21(13)7-11/h3-8,13-15H,1-2H3,(H2,20,23)/t13-,14-,15+,18-/m1/s1. The largest absolute Gasteiger partial charge is 0.468 e. The number of hydrogen-bond acceptors (Lipinski definition) is 7. The van der Waals surface area contributed by atoms with Gasteiger partial charge in [0.1, 0.15) is 6.04 Å². The normalized spacial score (nSPS) is 29.5. The molecule has 4 atom stereocenters. The predicted molar refractivity (Wildman–Crippen MR) is 93.6 cm³/mol. The van der Waals surface area contributed by atoms with Gasteiger partial charge in [-0.15, -0.1) is 0 Å². The van der Waals surface area contributed by atoms with Gasteiger partial charge in [0.05, 0.1) is 19.2 Å². The highest BCUT2D eigenvalue weighted by molar-refractivity contribution is 7.08. The van der Waals surface area contributed by atoms with Gasteiger partial charge < -0.3 is 15.4 Å². The number of Topliss-reactive ketones (excluding diaryl/α,β-unsaturated/α-hetero) is 1. The van der Waals surface area contributed by atoms with Crippen LogP contribution in [0.4, 0.5) is 0 Å². The van der Waals surface area contributed by atoms with Gasteiger partial charge in [0.25, 0.3) is 0 Å². The number of thiophene rings is 1. The van der Waals surface area contributed by atoms with Gasteiger partial charge in [-0.25, -0.2) is 0 Å². The second-order valence-corrected chi connectivity index (χ2v) is 7.03. The summed E-state index contributed by atoms with van der Waals surface area (Å²) < 4.78 is 4.95. The number of nitriles is 1. The molecule has 0 bridgehead atoms. The third-order valence-electron chi connectivity index (χ3n) is 4.97. The summed E-state index contributed by atoms with van der Waals surface area (Å²) in [5.74, 6) is -2.43. The van der Waals surface area contributed by atoms with Crippen molar-refractivity contribution in [2.75, 3.05) is 7.11 Å². The first-order valence-electron chi connectivity index (χ1n) is 7.88. The van der Waals surface area contributed by atoms with Crippen LogP contribution in [0.5, 0.6) is 0 Å². The Morgan fingerprint density at radius 1 is 1.42 bits per heavy atom. The van der Waals surface area contributed by atoms with Crippen LogP contribution in [0.15, 0.2) is 40.8 Å². The van der Waals surface area contributed by atoms with Crippen molar-refractivity contribution in [1.82, 2.24) is 4.90 Å². The molecule has 2 aliphatic rings. The zero-order chi connectivity index (χ0) is 19.1. The van der Waals surface area contributed by atoms with Crippen molar-refractivity contribution in [2.24, 2.45) is 11.1 Å². The third-order valence-corrected chi connectivity index (χ3v) is 5.67. The van der Waals surface area contributed by atoms with Crippen molar-refractivity contribution in [1.29, 1.82) is 5.26 Å². The Balaban J connectivity index is 2.28. The van der Waals surface area contributed by atoms with Crippen molar-refractivity contribution in [3.8, 4) is 6.07 Å². The van der Waals surface area contributed by atoms with Crippen LogP contribution in [0, 0.1) is 16.7 Å². The summed E-state index contributed by atoms with van der Waals surface area (Å²) >= 11 is 1.39. The summed E-state index contributed by atoms with van der Waals surface area (Å²) in [6.07, 6.45) is 4.66. The van der Waals surface area contributed by atoms with Gasteiger partial charge in [-0.3, -0.25) is 14.4 Å². The number of fused-ring (bicyclic) bond motifs is 1. The highest BCUT2D eigenvalue weighted by Crippen LogP contribution is 2.53. The fraction of sp³-hybridized carbons (Fsp3) is 0.333. The van der Waals surface area contributed by atoms with Crippen molar-refractivity contribution >= 4 is 29.0 Å². The number of carbonyl (C=O) groups excluding carboxylic acids is 3. The minimum absolute atomic E-state index is 0.192. The van der Waals surface area contributed by atoms with E-state index >= 15 is 0 Å². The Bertz CT molecular complexity index is 867. The van der Waals surface area contributed by atoms with Gasteiger partial charge in [0.15, 0.2) is 11.2 Å². The number of rotatable bonds is 4. The second-order valence-electron chi connectivity index (χ2n) is 6.25. The average Bonchev–Trinajstić information content (AvgIpc) is 3.24. The van der Waals surface area contributed by atoms with Crippen LogP contribution in [0.25, 0.3) is 0 Å². The molecule has 2 N–H and O–H groups in total. The molecule has 1 saturated heterocycles. The minimum atomic E-state index is -1.66. The number of carbonyl (C=O) groups is 3. The molecule has 2 aliphatic heterocycles. The van der Waals surface area contributed by atoms with E-state index in [1.807, 2.05) is 0 Å². The molecule has 0 spiro atoms. The third kappa shape index (κ3) is 2.35. The molecule has 8 heteroatoms. The number of nitrogens with two attached hydrogens (primary N) is 1. The maximum Gasteiger partial charge on any atom is 0.329 e. The maximum absolute atomic E-state index is 12.8. The molecule has 0 aliphatic carbocycles. The van der Waals surface area contributed by atoms with Crippen molar-refractivity contribution < 1.29 is 19.1 Å². The molecule has 26 heavy (non-hydrogen) atoms. The zero-order valence-corrected chi connectivity index (χ0v) is 15.0. The van der Waals surface area contributed by atoms with Gasteiger partial charge in [0.2, 0.25) is 5.91 Å². The number of esters is 1. The summed E-state index contributed by atoms with van der Waals surface area (Å²) in [6.45, 7) is 1.40. The minimum Gasteiger partial charge on any atom is -0.468 e. The molecule has 1 aromatic heterocycles. The van der Waals surface area contributed by atoms with Gasteiger partial charge in [0, 0.05) is 17.7 Å². The number of hydrogen-bond donors (Lipinski definition) is 1. The van der Waals surface area contributed by atoms with Gasteiger partial charge in [-0.05, 0) is 29.3 Å². The second kappa shape index (κ2) is 6.42. The summed E-state index contributed by atoms with van der Waals surface area (Å²) in [5.41, 5.74) is 5.03. The van der Waals surface area contributed by atoms with Crippen LogP contribution in [-0.4, -0.2) is 41.8 Å². The fourth-order valence-electron chi connectivity index (χ4n) is 3.84. The van der Waals surface area contributed by atoms with Crippen molar-refractivity contribution in [3.63, 3.8) is 0 Å². The summed E-state index contributed by atoms with van der Waals surface area (Å²) in [4.78, 5) is 38.4. The Kier molecular flexibility index (Phi) is 4.42. The lowest BCUT2D eigenvalue weighted by atomic mass is 9.69. The monoisotopic (exact) mass is 371 g/mol. The smallest absolute Gasteiger partial charge is 0.329 e. The molecule has 134 valence electrons. The van der Waals surface area contributed by atoms with Crippen LogP contribution >= 0.6 is 11.3 Å². The van der Waals surface area contributed by atoms with Gasteiger partial charge >= 0.3 is 5.97 Å². The lowest BCUT2D eigenvalue weighted by Crippen LogP contribution is -2.45. The van der Waals surface area contributed by atoms with E-state index in [9.17, 15) is 19.6 Å².